The van der Waals surface area contributed by atoms with Crippen LogP contribution in [0.1, 0.15) is 22.4 Å². The number of aryl methyl sites for hydroxylation is 1. The smallest absolute Gasteiger partial charge is 0.262 e. The maximum atomic E-state index is 12.4. The number of pyridine rings is 1. The molecule has 0 aliphatic heterocycles. The second-order valence-corrected chi connectivity index (χ2v) is 4.18. The fourth-order valence-electron chi connectivity index (χ4n) is 1.76. The van der Waals surface area contributed by atoms with E-state index < -0.39 is 11.7 Å². The quantitative estimate of drug-likeness (QED) is 0.786. The van der Waals surface area contributed by atoms with Gasteiger partial charge in [0.1, 0.15) is 0 Å². The Morgan fingerprint density at radius 2 is 1.67 bits per heavy atom. The molecule has 94 valence electrons. The zero-order valence-corrected chi connectivity index (χ0v) is 9.83. The van der Waals surface area contributed by atoms with Gasteiger partial charge in [0, 0.05) is 11.9 Å². The lowest BCUT2D eigenvalue weighted by molar-refractivity contribution is -0.137. The maximum absolute atomic E-state index is 12.4. The summed E-state index contributed by atoms with van der Waals surface area (Å²) in [6.45, 7) is 1.89. The summed E-state index contributed by atoms with van der Waals surface area (Å²) in [6.07, 6.45) is -1.96. The Morgan fingerprint density at radius 3 is 2.22 bits per heavy atom. The van der Waals surface area contributed by atoms with E-state index in [0.717, 1.165) is 29.0 Å². The molecule has 1 aromatic heterocycles. The Hall–Kier alpha value is -1.84. The number of nitrogens with zero attached hydrogens (tertiary/aromatic N) is 1. The SMILES string of the molecule is Cc1cc(Cc2ccc(C(F)(F)F)cc2)ccn1. The van der Waals surface area contributed by atoms with E-state index in [0.29, 0.717) is 6.42 Å². The van der Waals surface area contributed by atoms with Crippen LogP contribution in [0.4, 0.5) is 13.2 Å². The molecule has 0 amide bonds. The largest absolute Gasteiger partial charge is 0.416 e. The van der Waals surface area contributed by atoms with E-state index in [4.69, 9.17) is 0 Å². The summed E-state index contributed by atoms with van der Waals surface area (Å²) in [7, 11) is 0. The summed E-state index contributed by atoms with van der Waals surface area (Å²) in [4.78, 5) is 4.08. The number of alkyl halides is 3. The van der Waals surface area contributed by atoms with Gasteiger partial charge in [-0.05, 0) is 48.7 Å². The molecular formula is C14H12F3N. The number of halogens is 3. The third kappa shape index (κ3) is 3.09. The molecule has 0 radical (unpaired) electrons. The molecule has 2 rings (SSSR count). The van der Waals surface area contributed by atoms with Crippen molar-refractivity contribution in [2.24, 2.45) is 0 Å². The van der Waals surface area contributed by atoms with E-state index in [2.05, 4.69) is 4.98 Å². The molecular weight excluding hydrogens is 239 g/mol. The van der Waals surface area contributed by atoms with Gasteiger partial charge in [-0.3, -0.25) is 4.98 Å². The Labute approximate surface area is 103 Å². The van der Waals surface area contributed by atoms with Crippen LogP contribution in [0.25, 0.3) is 0 Å². The van der Waals surface area contributed by atoms with Crippen molar-refractivity contribution in [2.75, 3.05) is 0 Å². The van der Waals surface area contributed by atoms with E-state index in [1.165, 1.54) is 12.1 Å². The average molecular weight is 251 g/mol. The molecule has 0 atom stereocenters. The second kappa shape index (κ2) is 4.80. The Balaban J connectivity index is 2.16. The molecule has 1 aromatic carbocycles. The normalized spacial score (nSPS) is 11.6. The fourth-order valence-corrected chi connectivity index (χ4v) is 1.76. The van der Waals surface area contributed by atoms with E-state index in [1.54, 1.807) is 6.20 Å². The van der Waals surface area contributed by atoms with E-state index in [-0.39, 0.29) is 0 Å². The monoisotopic (exact) mass is 251 g/mol. The van der Waals surface area contributed by atoms with E-state index in [1.807, 2.05) is 19.1 Å². The Morgan fingerprint density at radius 1 is 1.00 bits per heavy atom. The molecule has 0 fully saturated rings. The van der Waals surface area contributed by atoms with Crippen molar-refractivity contribution in [3.05, 3.63) is 65.0 Å². The van der Waals surface area contributed by atoms with Gasteiger partial charge in [0.2, 0.25) is 0 Å². The minimum atomic E-state index is -4.27. The number of aromatic nitrogens is 1. The molecule has 1 heterocycles. The van der Waals surface area contributed by atoms with Gasteiger partial charge < -0.3 is 0 Å². The highest BCUT2D eigenvalue weighted by atomic mass is 19.4. The first-order valence-electron chi connectivity index (χ1n) is 5.53. The van der Waals surface area contributed by atoms with Gasteiger partial charge in [0.15, 0.2) is 0 Å². The van der Waals surface area contributed by atoms with Crippen LogP contribution < -0.4 is 0 Å². The summed E-state index contributed by atoms with van der Waals surface area (Å²) in [6, 6.07) is 9.05. The third-order valence-electron chi connectivity index (χ3n) is 2.65. The lowest BCUT2D eigenvalue weighted by Gasteiger charge is -2.07. The van der Waals surface area contributed by atoms with Crippen LogP contribution in [-0.4, -0.2) is 4.98 Å². The molecule has 4 heteroatoms. The van der Waals surface area contributed by atoms with Gasteiger partial charge >= 0.3 is 6.18 Å². The Bertz CT molecular complexity index is 529. The van der Waals surface area contributed by atoms with Crippen LogP contribution in [-0.2, 0) is 12.6 Å². The molecule has 0 N–H and O–H groups in total. The summed E-state index contributed by atoms with van der Waals surface area (Å²) in [5.74, 6) is 0. The molecule has 0 aliphatic carbocycles. The van der Waals surface area contributed by atoms with Crippen LogP contribution in [0.15, 0.2) is 42.6 Å². The minimum Gasteiger partial charge on any atom is -0.262 e. The minimum absolute atomic E-state index is 0.613. The van der Waals surface area contributed by atoms with Gasteiger partial charge in [-0.2, -0.15) is 13.2 Å². The first-order chi connectivity index (χ1) is 8.45. The Kier molecular flexibility index (Phi) is 3.36. The van der Waals surface area contributed by atoms with E-state index >= 15 is 0 Å². The van der Waals surface area contributed by atoms with Gasteiger partial charge in [0.25, 0.3) is 0 Å². The standard InChI is InChI=1S/C14H12F3N/c1-10-8-12(6-7-18-10)9-11-2-4-13(5-3-11)14(15,16)17/h2-8H,9H2,1H3. The van der Waals surface area contributed by atoms with Gasteiger partial charge in [-0.1, -0.05) is 12.1 Å². The zero-order valence-electron chi connectivity index (χ0n) is 9.83. The summed E-state index contributed by atoms with van der Waals surface area (Å²) < 4.78 is 37.2. The number of hydrogen-bond donors (Lipinski definition) is 0. The third-order valence-corrected chi connectivity index (χ3v) is 2.65. The second-order valence-electron chi connectivity index (χ2n) is 4.18. The predicted molar refractivity (Wildman–Crippen MR) is 63.2 cm³/mol. The van der Waals surface area contributed by atoms with Crippen LogP contribution in [0.3, 0.4) is 0 Å². The summed E-state index contributed by atoms with van der Waals surface area (Å²) in [5, 5.41) is 0. The lowest BCUT2D eigenvalue weighted by Crippen LogP contribution is -2.04. The molecule has 0 bridgehead atoms. The van der Waals surface area contributed by atoms with Crippen LogP contribution in [0.2, 0.25) is 0 Å². The predicted octanol–water partition coefficient (Wildman–Crippen LogP) is 4.00. The topological polar surface area (TPSA) is 12.9 Å². The summed E-state index contributed by atoms with van der Waals surface area (Å²) in [5.41, 5.74) is 2.19. The lowest BCUT2D eigenvalue weighted by atomic mass is 10.0. The molecule has 0 saturated carbocycles. The number of hydrogen-bond acceptors (Lipinski definition) is 1. The van der Waals surface area contributed by atoms with Crippen molar-refractivity contribution in [3.63, 3.8) is 0 Å². The number of benzene rings is 1. The van der Waals surface area contributed by atoms with Crippen molar-refractivity contribution < 1.29 is 13.2 Å². The van der Waals surface area contributed by atoms with Gasteiger partial charge in [-0.25, -0.2) is 0 Å². The first kappa shape index (κ1) is 12.6. The van der Waals surface area contributed by atoms with Crippen LogP contribution in [0.5, 0.6) is 0 Å². The molecule has 1 nitrogen and oxygen atoms in total. The molecule has 0 aliphatic rings. The maximum Gasteiger partial charge on any atom is 0.416 e. The molecule has 0 unspecified atom stereocenters. The van der Waals surface area contributed by atoms with Gasteiger partial charge in [0.05, 0.1) is 5.56 Å². The zero-order chi connectivity index (χ0) is 13.2. The van der Waals surface area contributed by atoms with Crippen LogP contribution in [0, 0.1) is 6.92 Å². The fraction of sp³-hybridized carbons (Fsp3) is 0.214. The highest BCUT2D eigenvalue weighted by Crippen LogP contribution is 2.29. The highest BCUT2D eigenvalue weighted by Gasteiger charge is 2.29. The van der Waals surface area contributed by atoms with Crippen molar-refractivity contribution in [3.8, 4) is 0 Å². The van der Waals surface area contributed by atoms with E-state index in [9.17, 15) is 13.2 Å². The molecule has 18 heavy (non-hydrogen) atoms. The summed E-state index contributed by atoms with van der Waals surface area (Å²) >= 11 is 0. The van der Waals surface area contributed by atoms with Crippen molar-refractivity contribution in [1.82, 2.24) is 4.98 Å². The van der Waals surface area contributed by atoms with Crippen molar-refractivity contribution in [1.29, 1.82) is 0 Å². The van der Waals surface area contributed by atoms with Crippen LogP contribution >= 0.6 is 0 Å². The average Bonchev–Trinajstić information content (AvgIpc) is 2.28. The number of rotatable bonds is 2. The highest BCUT2D eigenvalue weighted by molar-refractivity contribution is 5.29. The van der Waals surface area contributed by atoms with Crippen molar-refractivity contribution >= 4 is 0 Å². The molecule has 0 spiro atoms. The molecule has 2 aromatic rings. The molecule has 0 saturated heterocycles. The van der Waals surface area contributed by atoms with Gasteiger partial charge in [-0.15, -0.1) is 0 Å². The first-order valence-corrected chi connectivity index (χ1v) is 5.53. The van der Waals surface area contributed by atoms with Crippen molar-refractivity contribution in [2.45, 2.75) is 19.5 Å².